The summed E-state index contributed by atoms with van der Waals surface area (Å²) in [7, 11) is 1.84. The average Bonchev–Trinajstić information content (AvgIpc) is 2.95. The fraction of sp³-hybridized carbons (Fsp3) is 0.667. The molecule has 1 amide bonds. The minimum Gasteiger partial charge on any atom is -0.338 e. The number of amides is 1. The van der Waals surface area contributed by atoms with Crippen LogP contribution in [0, 0.1) is 11.8 Å². The first-order valence-corrected chi connectivity index (χ1v) is 6.22. The molecule has 0 bridgehead atoms. The van der Waals surface area contributed by atoms with Crippen molar-refractivity contribution in [2.45, 2.75) is 6.42 Å². The Morgan fingerprint density at radius 2 is 2.22 bits per heavy atom. The van der Waals surface area contributed by atoms with Crippen molar-refractivity contribution in [2.24, 2.45) is 18.9 Å². The van der Waals surface area contributed by atoms with Crippen LogP contribution in [0.1, 0.15) is 16.8 Å². The average molecular weight is 271 g/mol. The van der Waals surface area contributed by atoms with Crippen molar-refractivity contribution in [1.29, 1.82) is 0 Å². The van der Waals surface area contributed by atoms with E-state index in [-0.39, 0.29) is 18.3 Å². The Bertz CT molecular complexity index is 433. The zero-order valence-electron chi connectivity index (χ0n) is 10.5. The predicted molar refractivity (Wildman–Crippen MR) is 70.8 cm³/mol. The first-order valence-electron chi connectivity index (χ1n) is 6.22. The maximum absolute atomic E-state index is 12.3. The number of aryl methyl sites for hydroxylation is 1. The van der Waals surface area contributed by atoms with E-state index < -0.39 is 0 Å². The van der Waals surface area contributed by atoms with Gasteiger partial charge in [0.2, 0.25) is 0 Å². The van der Waals surface area contributed by atoms with Gasteiger partial charge >= 0.3 is 0 Å². The fourth-order valence-electron chi connectivity index (χ4n) is 2.93. The summed E-state index contributed by atoms with van der Waals surface area (Å²) in [4.78, 5) is 14.2. The molecule has 1 aromatic heterocycles. The summed E-state index contributed by atoms with van der Waals surface area (Å²) in [6.07, 6.45) is 4.58. The molecule has 1 aromatic rings. The number of halogens is 1. The molecule has 6 heteroatoms. The first-order chi connectivity index (χ1) is 8.24. The van der Waals surface area contributed by atoms with E-state index in [4.69, 9.17) is 0 Å². The number of hydrogen-bond acceptors (Lipinski definition) is 3. The van der Waals surface area contributed by atoms with Crippen LogP contribution < -0.4 is 5.32 Å². The van der Waals surface area contributed by atoms with E-state index in [0.717, 1.165) is 38.5 Å². The summed E-state index contributed by atoms with van der Waals surface area (Å²) >= 11 is 0. The zero-order valence-corrected chi connectivity index (χ0v) is 11.3. The lowest BCUT2D eigenvalue weighted by Gasteiger charge is -2.34. The van der Waals surface area contributed by atoms with E-state index in [9.17, 15) is 4.79 Å². The topological polar surface area (TPSA) is 50.2 Å². The number of rotatable bonds is 1. The van der Waals surface area contributed by atoms with Gasteiger partial charge in [0, 0.05) is 26.3 Å². The Labute approximate surface area is 113 Å². The molecule has 2 fully saturated rings. The number of aromatic nitrogens is 2. The minimum absolute atomic E-state index is 0. The lowest BCUT2D eigenvalue weighted by molar-refractivity contribution is 0.0642. The molecule has 3 rings (SSSR count). The first kappa shape index (κ1) is 13.4. The van der Waals surface area contributed by atoms with Gasteiger partial charge in [-0.2, -0.15) is 5.10 Å². The van der Waals surface area contributed by atoms with Crippen LogP contribution >= 0.6 is 12.4 Å². The molecule has 18 heavy (non-hydrogen) atoms. The van der Waals surface area contributed by atoms with Crippen LogP contribution in [0.2, 0.25) is 0 Å². The third kappa shape index (κ3) is 2.37. The second-order valence-electron chi connectivity index (χ2n) is 5.12. The van der Waals surface area contributed by atoms with Gasteiger partial charge in [0.15, 0.2) is 0 Å². The number of hydrogen-bond donors (Lipinski definition) is 1. The molecule has 2 atom stereocenters. The summed E-state index contributed by atoms with van der Waals surface area (Å²) in [5, 5.41) is 7.47. The van der Waals surface area contributed by atoms with Crippen molar-refractivity contribution in [3.63, 3.8) is 0 Å². The van der Waals surface area contributed by atoms with Gasteiger partial charge in [0.1, 0.15) is 0 Å². The van der Waals surface area contributed by atoms with Gasteiger partial charge in [0.05, 0.1) is 11.8 Å². The van der Waals surface area contributed by atoms with Crippen molar-refractivity contribution in [2.75, 3.05) is 26.2 Å². The van der Waals surface area contributed by atoms with Gasteiger partial charge in [-0.05, 0) is 31.3 Å². The number of nitrogens with one attached hydrogen (secondary N) is 1. The summed E-state index contributed by atoms with van der Waals surface area (Å²) in [5.74, 6) is 1.54. The van der Waals surface area contributed by atoms with Crippen molar-refractivity contribution >= 4 is 18.3 Å². The molecule has 5 nitrogen and oxygen atoms in total. The molecule has 0 aromatic carbocycles. The van der Waals surface area contributed by atoms with Crippen LogP contribution in [-0.2, 0) is 7.05 Å². The fourth-order valence-corrected chi connectivity index (χ4v) is 2.93. The Morgan fingerprint density at radius 3 is 2.94 bits per heavy atom. The van der Waals surface area contributed by atoms with Gasteiger partial charge in [-0.1, -0.05) is 0 Å². The van der Waals surface area contributed by atoms with Crippen molar-refractivity contribution in [3.8, 4) is 0 Å². The van der Waals surface area contributed by atoms with Crippen LogP contribution in [-0.4, -0.2) is 46.8 Å². The number of carbonyl (C=O) groups excluding carboxylic acids is 1. The van der Waals surface area contributed by atoms with Crippen LogP contribution in [0.5, 0.6) is 0 Å². The lowest BCUT2D eigenvalue weighted by Crippen LogP contribution is -2.43. The van der Waals surface area contributed by atoms with Crippen LogP contribution in [0.15, 0.2) is 12.4 Å². The Hall–Kier alpha value is -1.07. The second kappa shape index (κ2) is 5.28. The van der Waals surface area contributed by atoms with Crippen LogP contribution in [0.25, 0.3) is 0 Å². The molecular formula is C12H19ClN4O. The van der Waals surface area contributed by atoms with Crippen molar-refractivity contribution in [1.82, 2.24) is 20.0 Å². The molecule has 0 radical (unpaired) electrons. The highest BCUT2D eigenvalue weighted by atomic mass is 35.5. The summed E-state index contributed by atoms with van der Waals surface area (Å²) in [6.45, 7) is 3.96. The van der Waals surface area contributed by atoms with Crippen molar-refractivity contribution in [3.05, 3.63) is 18.0 Å². The largest absolute Gasteiger partial charge is 0.338 e. The van der Waals surface area contributed by atoms with E-state index in [1.807, 2.05) is 11.9 Å². The Kier molecular flexibility index (Phi) is 3.92. The van der Waals surface area contributed by atoms with Gasteiger partial charge in [-0.15, -0.1) is 12.4 Å². The number of carbonyl (C=O) groups is 1. The molecule has 0 saturated carbocycles. The molecule has 0 spiro atoms. The quantitative estimate of drug-likeness (QED) is 0.810. The summed E-state index contributed by atoms with van der Waals surface area (Å²) < 4.78 is 1.68. The smallest absolute Gasteiger partial charge is 0.257 e. The highest BCUT2D eigenvalue weighted by Gasteiger charge is 2.34. The van der Waals surface area contributed by atoms with E-state index in [1.54, 1.807) is 17.1 Å². The zero-order chi connectivity index (χ0) is 11.8. The highest BCUT2D eigenvalue weighted by molar-refractivity contribution is 5.93. The number of likely N-dealkylation sites (tertiary alicyclic amines) is 1. The number of piperidine rings is 1. The van der Waals surface area contributed by atoms with E-state index in [1.165, 1.54) is 0 Å². The molecular weight excluding hydrogens is 252 g/mol. The molecule has 3 heterocycles. The maximum Gasteiger partial charge on any atom is 0.257 e. The van der Waals surface area contributed by atoms with Crippen LogP contribution in [0.4, 0.5) is 0 Å². The molecule has 100 valence electrons. The molecule has 1 N–H and O–H groups in total. The van der Waals surface area contributed by atoms with Crippen LogP contribution in [0.3, 0.4) is 0 Å². The van der Waals surface area contributed by atoms with Crippen molar-refractivity contribution < 1.29 is 4.79 Å². The lowest BCUT2D eigenvalue weighted by atomic mass is 9.88. The highest BCUT2D eigenvalue weighted by Crippen LogP contribution is 2.27. The molecule has 2 aliphatic heterocycles. The third-order valence-corrected chi connectivity index (χ3v) is 3.94. The second-order valence-corrected chi connectivity index (χ2v) is 5.12. The molecule has 2 aliphatic rings. The van der Waals surface area contributed by atoms with E-state index in [0.29, 0.717) is 11.5 Å². The normalized spacial score (nSPS) is 26.6. The predicted octanol–water partition coefficient (Wildman–Crippen LogP) is 0.523. The minimum atomic E-state index is 0. The van der Waals surface area contributed by atoms with Gasteiger partial charge in [-0.25, -0.2) is 0 Å². The number of fused-ring (bicyclic) bond motifs is 1. The monoisotopic (exact) mass is 270 g/mol. The van der Waals surface area contributed by atoms with Gasteiger partial charge in [0.25, 0.3) is 5.91 Å². The Balaban J connectivity index is 0.00000120. The molecule has 2 saturated heterocycles. The number of nitrogens with zero attached hydrogens (tertiary/aromatic N) is 3. The molecule has 2 unspecified atom stereocenters. The summed E-state index contributed by atoms with van der Waals surface area (Å²) in [6, 6.07) is 0. The van der Waals surface area contributed by atoms with Gasteiger partial charge in [-0.3, -0.25) is 9.48 Å². The van der Waals surface area contributed by atoms with E-state index >= 15 is 0 Å². The molecule has 0 aliphatic carbocycles. The Morgan fingerprint density at radius 1 is 1.44 bits per heavy atom. The standard InChI is InChI=1S/C12H18N4O.ClH/c1-15-7-11(6-14-15)12(17)16-3-2-9-4-13-5-10(9)8-16;/h6-7,9-10,13H,2-5,8H2,1H3;1H. The maximum atomic E-state index is 12.3. The third-order valence-electron chi connectivity index (χ3n) is 3.94. The van der Waals surface area contributed by atoms with E-state index in [2.05, 4.69) is 10.4 Å². The SMILES string of the molecule is Cl.Cn1cc(C(=O)N2CCC3CNCC3C2)cn1. The summed E-state index contributed by atoms with van der Waals surface area (Å²) in [5.41, 5.74) is 0.705. The van der Waals surface area contributed by atoms with Gasteiger partial charge < -0.3 is 10.2 Å².